The van der Waals surface area contributed by atoms with Gasteiger partial charge in [-0.25, -0.2) is 0 Å². The van der Waals surface area contributed by atoms with E-state index in [9.17, 15) is 4.79 Å². The molecule has 0 heterocycles. The molecule has 0 rings (SSSR count). The quantitative estimate of drug-likeness (QED) is 0.500. The van der Waals surface area contributed by atoms with Crippen molar-refractivity contribution in [1.29, 1.82) is 0 Å². The molecule has 0 aromatic rings. The lowest BCUT2D eigenvalue weighted by molar-refractivity contribution is -0.146. The number of carbonyl (C=O) groups is 1. The van der Waals surface area contributed by atoms with Gasteiger partial charge >= 0.3 is 5.97 Å². The van der Waals surface area contributed by atoms with Crippen molar-refractivity contribution in [2.45, 2.75) is 19.4 Å². The first-order valence-electron chi connectivity index (χ1n) is 5.00. The normalized spacial score (nSPS) is 14.7. The maximum absolute atomic E-state index is 11.6. The molecule has 0 spiro atoms. The number of thioether (sulfide) groups is 1. The zero-order chi connectivity index (χ0) is 11.7. The number of methoxy groups -OCH3 is 2. The first-order valence-corrected chi connectivity index (χ1v) is 6.16. The van der Waals surface area contributed by atoms with E-state index in [2.05, 4.69) is 5.32 Å². The molecular formula is C10H21NO3S. The number of rotatable bonds is 8. The average molecular weight is 235 g/mol. The van der Waals surface area contributed by atoms with Gasteiger partial charge in [0.05, 0.1) is 13.7 Å². The van der Waals surface area contributed by atoms with E-state index in [4.69, 9.17) is 9.47 Å². The Bertz CT molecular complexity index is 190. The monoisotopic (exact) mass is 235 g/mol. The SMILES string of the molecule is CCNC(C)(CSCCOC)C(=O)OC. The molecule has 0 saturated heterocycles. The molecule has 5 heteroatoms. The highest BCUT2D eigenvalue weighted by Crippen LogP contribution is 2.14. The first kappa shape index (κ1) is 14.7. The van der Waals surface area contributed by atoms with Crippen LogP contribution in [0.15, 0.2) is 0 Å². The average Bonchev–Trinajstić information content (AvgIpc) is 2.23. The Morgan fingerprint density at radius 3 is 2.60 bits per heavy atom. The van der Waals surface area contributed by atoms with Gasteiger partial charge in [0.2, 0.25) is 0 Å². The maximum Gasteiger partial charge on any atom is 0.326 e. The lowest BCUT2D eigenvalue weighted by atomic mass is 10.1. The Kier molecular flexibility index (Phi) is 7.82. The van der Waals surface area contributed by atoms with E-state index >= 15 is 0 Å². The van der Waals surface area contributed by atoms with Crippen LogP contribution >= 0.6 is 11.8 Å². The Labute approximate surface area is 96.1 Å². The van der Waals surface area contributed by atoms with Gasteiger partial charge in [0, 0.05) is 18.6 Å². The molecule has 0 aliphatic carbocycles. The van der Waals surface area contributed by atoms with Crippen molar-refractivity contribution in [1.82, 2.24) is 5.32 Å². The number of hydrogen-bond donors (Lipinski definition) is 1. The van der Waals surface area contributed by atoms with E-state index in [1.54, 1.807) is 18.9 Å². The minimum atomic E-state index is -0.595. The molecular weight excluding hydrogens is 214 g/mol. The summed E-state index contributed by atoms with van der Waals surface area (Å²) in [4.78, 5) is 11.6. The van der Waals surface area contributed by atoms with Crippen LogP contribution in [0.1, 0.15) is 13.8 Å². The molecule has 15 heavy (non-hydrogen) atoms. The fourth-order valence-corrected chi connectivity index (χ4v) is 2.27. The van der Waals surface area contributed by atoms with Crippen LogP contribution in [0.25, 0.3) is 0 Å². The van der Waals surface area contributed by atoms with E-state index in [0.717, 1.165) is 12.3 Å². The molecule has 1 N–H and O–H groups in total. The maximum atomic E-state index is 11.6. The molecule has 0 aliphatic rings. The van der Waals surface area contributed by atoms with Crippen molar-refractivity contribution in [2.75, 3.05) is 38.9 Å². The van der Waals surface area contributed by atoms with E-state index in [0.29, 0.717) is 12.4 Å². The van der Waals surface area contributed by atoms with E-state index < -0.39 is 5.54 Å². The lowest BCUT2D eigenvalue weighted by Gasteiger charge is -2.27. The van der Waals surface area contributed by atoms with Gasteiger partial charge in [0.1, 0.15) is 5.54 Å². The van der Waals surface area contributed by atoms with Crippen molar-refractivity contribution in [3.05, 3.63) is 0 Å². The number of likely N-dealkylation sites (N-methyl/N-ethyl adjacent to an activating group) is 1. The standard InChI is InChI=1S/C10H21NO3S/c1-5-11-10(2,9(12)14-4)8-15-7-6-13-3/h11H,5-8H2,1-4H3. The Morgan fingerprint density at radius 2 is 2.13 bits per heavy atom. The molecule has 0 saturated carbocycles. The van der Waals surface area contributed by atoms with Crippen LogP contribution in [-0.2, 0) is 14.3 Å². The number of esters is 1. The van der Waals surface area contributed by atoms with Gasteiger partial charge in [-0.3, -0.25) is 4.79 Å². The van der Waals surface area contributed by atoms with Crippen molar-refractivity contribution < 1.29 is 14.3 Å². The third-order valence-electron chi connectivity index (χ3n) is 2.03. The third-order valence-corrected chi connectivity index (χ3v) is 3.26. The second-order valence-corrected chi connectivity index (χ2v) is 4.50. The van der Waals surface area contributed by atoms with Crippen LogP contribution in [0.3, 0.4) is 0 Å². The summed E-state index contributed by atoms with van der Waals surface area (Å²) in [7, 11) is 3.09. The van der Waals surface area contributed by atoms with Gasteiger partial charge in [0.15, 0.2) is 0 Å². The Morgan fingerprint density at radius 1 is 1.47 bits per heavy atom. The molecule has 0 aromatic carbocycles. The minimum absolute atomic E-state index is 0.214. The highest BCUT2D eigenvalue weighted by atomic mass is 32.2. The van der Waals surface area contributed by atoms with Crippen molar-refractivity contribution in [3.63, 3.8) is 0 Å². The number of hydrogen-bond acceptors (Lipinski definition) is 5. The van der Waals surface area contributed by atoms with Crippen LogP contribution in [0, 0.1) is 0 Å². The first-order chi connectivity index (χ1) is 7.10. The summed E-state index contributed by atoms with van der Waals surface area (Å²) in [5.74, 6) is 1.36. The van der Waals surface area contributed by atoms with E-state index in [-0.39, 0.29) is 5.97 Å². The third kappa shape index (κ3) is 5.39. The van der Waals surface area contributed by atoms with Crippen molar-refractivity contribution >= 4 is 17.7 Å². The minimum Gasteiger partial charge on any atom is -0.468 e. The molecule has 0 aromatic heterocycles. The summed E-state index contributed by atoms with van der Waals surface area (Å²) in [5, 5.41) is 3.15. The zero-order valence-corrected chi connectivity index (χ0v) is 10.8. The smallest absolute Gasteiger partial charge is 0.326 e. The summed E-state index contributed by atoms with van der Waals surface area (Å²) < 4.78 is 9.72. The largest absolute Gasteiger partial charge is 0.468 e. The molecule has 4 nitrogen and oxygen atoms in total. The van der Waals surface area contributed by atoms with Crippen LogP contribution in [0.5, 0.6) is 0 Å². The summed E-state index contributed by atoms with van der Waals surface area (Å²) in [6.07, 6.45) is 0. The molecule has 90 valence electrons. The summed E-state index contributed by atoms with van der Waals surface area (Å²) in [5.41, 5.74) is -0.595. The van der Waals surface area contributed by atoms with Crippen LogP contribution in [0.2, 0.25) is 0 Å². The predicted octanol–water partition coefficient (Wildman–Crippen LogP) is 0.907. The van der Waals surface area contributed by atoms with Crippen LogP contribution in [-0.4, -0.2) is 50.4 Å². The van der Waals surface area contributed by atoms with Gasteiger partial charge in [-0.1, -0.05) is 6.92 Å². The van der Waals surface area contributed by atoms with Crippen molar-refractivity contribution in [3.8, 4) is 0 Å². The molecule has 0 bridgehead atoms. The molecule has 0 fully saturated rings. The van der Waals surface area contributed by atoms with Gasteiger partial charge in [0.25, 0.3) is 0 Å². The molecule has 1 atom stereocenters. The summed E-state index contributed by atoms with van der Waals surface area (Å²) >= 11 is 1.68. The van der Waals surface area contributed by atoms with Crippen molar-refractivity contribution in [2.24, 2.45) is 0 Å². The summed E-state index contributed by atoms with van der Waals surface area (Å²) in [6, 6.07) is 0. The van der Waals surface area contributed by atoms with E-state index in [1.807, 2.05) is 13.8 Å². The number of ether oxygens (including phenoxy) is 2. The molecule has 1 unspecified atom stereocenters. The summed E-state index contributed by atoms with van der Waals surface area (Å²) in [6.45, 7) is 5.29. The zero-order valence-electron chi connectivity index (χ0n) is 9.96. The topological polar surface area (TPSA) is 47.6 Å². The Balaban J connectivity index is 4.07. The van der Waals surface area contributed by atoms with Gasteiger partial charge in [-0.15, -0.1) is 0 Å². The van der Waals surface area contributed by atoms with Gasteiger partial charge < -0.3 is 14.8 Å². The second-order valence-electron chi connectivity index (χ2n) is 3.40. The molecule has 0 amide bonds. The highest BCUT2D eigenvalue weighted by Gasteiger charge is 2.32. The molecule has 0 radical (unpaired) electrons. The predicted molar refractivity (Wildman–Crippen MR) is 63.3 cm³/mol. The second kappa shape index (κ2) is 7.96. The highest BCUT2D eigenvalue weighted by molar-refractivity contribution is 7.99. The number of nitrogens with one attached hydrogen (secondary N) is 1. The lowest BCUT2D eigenvalue weighted by Crippen LogP contribution is -2.52. The van der Waals surface area contributed by atoms with Crippen LogP contribution < -0.4 is 5.32 Å². The number of carbonyl (C=O) groups excluding carboxylic acids is 1. The van der Waals surface area contributed by atoms with E-state index in [1.165, 1.54) is 7.11 Å². The molecule has 0 aliphatic heterocycles. The van der Waals surface area contributed by atoms with Crippen LogP contribution in [0.4, 0.5) is 0 Å². The fraction of sp³-hybridized carbons (Fsp3) is 0.900. The van der Waals surface area contributed by atoms with Gasteiger partial charge in [-0.2, -0.15) is 11.8 Å². The Hall–Kier alpha value is -0.260. The van der Waals surface area contributed by atoms with Gasteiger partial charge in [-0.05, 0) is 13.5 Å². The fourth-order valence-electron chi connectivity index (χ4n) is 1.22.